The molecule has 1 atom stereocenters. The van der Waals surface area contributed by atoms with E-state index in [4.69, 9.17) is 10.5 Å². The van der Waals surface area contributed by atoms with Gasteiger partial charge >= 0.3 is 6.09 Å². The molecule has 1 aliphatic heterocycles. The summed E-state index contributed by atoms with van der Waals surface area (Å²) in [5, 5.41) is 0. The molecule has 5 heteroatoms. The quantitative estimate of drug-likeness (QED) is 0.628. The van der Waals surface area contributed by atoms with E-state index in [0.29, 0.717) is 12.8 Å². The van der Waals surface area contributed by atoms with Crippen LogP contribution in [0, 0.1) is 0 Å². The first-order valence-electron chi connectivity index (χ1n) is 4.62. The number of ether oxygens (including phenoxy) is 1. The highest BCUT2D eigenvalue weighted by molar-refractivity contribution is 5.94. The summed E-state index contributed by atoms with van der Waals surface area (Å²) in [5.74, 6) is -0.258. The van der Waals surface area contributed by atoms with Crippen LogP contribution in [0.25, 0.3) is 0 Å². The molecule has 1 aliphatic rings. The molecule has 5 nitrogen and oxygen atoms in total. The fourth-order valence-corrected chi connectivity index (χ4v) is 1.25. The van der Waals surface area contributed by atoms with Gasteiger partial charge in [-0.3, -0.25) is 4.79 Å². The number of amides is 2. The van der Waals surface area contributed by atoms with E-state index < -0.39 is 17.9 Å². The molecular formula is C9H16N2O3. The van der Waals surface area contributed by atoms with Crippen molar-refractivity contribution in [2.45, 2.75) is 45.4 Å². The maximum absolute atomic E-state index is 11.5. The lowest BCUT2D eigenvalue weighted by molar-refractivity contribution is -0.128. The second-order valence-corrected chi connectivity index (χ2v) is 4.35. The Balaban J connectivity index is 2.65. The number of carbonyl (C=O) groups is 2. The van der Waals surface area contributed by atoms with Crippen molar-refractivity contribution in [1.29, 1.82) is 0 Å². The average Bonchev–Trinajstić information content (AvgIpc) is 2.27. The molecule has 1 heterocycles. The van der Waals surface area contributed by atoms with Crippen LogP contribution in [0.4, 0.5) is 4.79 Å². The van der Waals surface area contributed by atoms with Crippen LogP contribution in [-0.4, -0.2) is 28.7 Å². The standard InChI is InChI=1S/C9H16N2O3/c1-9(2,3)14-8(13)11-6(10)4-5-7(11)12/h6H,4-5,10H2,1-3H3/t6-/m1/s1. The summed E-state index contributed by atoms with van der Waals surface area (Å²) in [6.45, 7) is 5.24. The van der Waals surface area contributed by atoms with E-state index in [1.54, 1.807) is 20.8 Å². The second-order valence-electron chi connectivity index (χ2n) is 4.35. The van der Waals surface area contributed by atoms with Gasteiger partial charge in [-0.05, 0) is 27.2 Å². The van der Waals surface area contributed by atoms with Crippen molar-refractivity contribution in [3.63, 3.8) is 0 Å². The van der Waals surface area contributed by atoms with Crippen LogP contribution in [-0.2, 0) is 9.53 Å². The van der Waals surface area contributed by atoms with E-state index in [-0.39, 0.29) is 5.91 Å². The van der Waals surface area contributed by atoms with Crippen molar-refractivity contribution in [2.75, 3.05) is 0 Å². The third-order valence-corrected chi connectivity index (χ3v) is 1.84. The molecular weight excluding hydrogens is 184 g/mol. The van der Waals surface area contributed by atoms with Crippen molar-refractivity contribution in [3.8, 4) is 0 Å². The van der Waals surface area contributed by atoms with Crippen LogP contribution in [0.1, 0.15) is 33.6 Å². The van der Waals surface area contributed by atoms with E-state index in [1.807, 2.05) is 0 Å². The Labute approximate surface area is 83.2 Å². The molecule has 1 fully saturated rings. The molecule has 0 aromatic rings. The molecule has 0 aromatic heterocycles. The van der Waals surface area contributed by atoms with Crippen LogP contribution in [0.2, 0.25) is 0 Å². The highest BCUT2D eigenvalue weighted by Gasteiger charge is 2.36. The van der Waals surface area contributed by atoms with Crippen molar-refractivity contribution in [1.82, 2.24) is 4.90 Å². The molecule has 2 amide bonds. The summed E-state index contributed by atoms with van der Waals surface area (Å²) in [5.41, 5.74) is 5.00. The van der Waals surface area contributed by atoms with Crippen LogP contribution >= 0.6 is 0 Å². The summed E-state index contributed by atoms with van der Waals surface area (Å²) in [7, 11) is 0. The van der Waals surface area contributed by atoms with Crippen LogP contribution in [0.3, 0.4) is 0 Å². The molecule has 0 bridgehead atoms. The number of hydrogen-bond acceptors (Lipinski definition) is 4. The maximum atomic E-state index is 11.5. The average molecular weight is 200 g/mol. The molecule has 0 aromatic carbocycles. The molecule has 14 heavy (non-hydrogen) atoms. The van der Waals surface area contributed by atoms with Gasteiger partial charge in [-0.2, -0.15) is 0 Å². The molecule has 0 aliphatic carbocycles. The Hall–Kier alpha value is -1.10. The molecule has 0 radical (unpaired) electrons. The predicted molar refractivity (Wildman–Crippen MR) is 50.3 cm³/mol. The van der Waals surface area contributed by atoms with Crippen molar-refractivity contribution in [2.24, 2.45) is 5.73 Å². The van der Waals surface area contributed by atoms with Gasteiger partial charge in [-0.1, -0.05) is 0 Å². The molecule has 1 saturated heterocycles. The fraction of sp³-hybridized carbons (Fsp3) is 0.778. The number of likely N-dealkylation sites (tertiary alicyclic amines) is 1. The van der Waals surface area contributed by atoms with E-state index >= 15 is 0 Å². The first kappa shape index (κ1) is 11.0. The minimum absolute atomic E-state index is 0.258. The lowest BCUT2D eigenvalue weighted by atomic mass is 10.2. The van der Waals surface area contributed by atoms with Crippen molar-refractivity contribution >= 4 is 12.0 Å². The smallest absolute Gasteiger partial charge is 0.418 e. The van der Waals surface area contributed by atoms with Crippen LogP contribution < -0.4 is 5.73 Å². The molecule has 1 rings (SSSR count). The first-order chi connectivity index (χ1) is 6.31. The third kappa shape index (κ3) is 2.45. The molecule has 80 valence electrons. The number of nitrogens with zero attached hydrogens (tertiary/aromatic N) is 1. The third-order valence-electron chi connectivity index (χ3n) is 1.84. The van der Waals surface area contributed by atoms with E-state index in [9.17, 15) is 9.59 Å². The summed E-state index contributed by atoms with van der Waals surface area (Å²) < 4.78 is 5.05. The predicted octanol–water partition coefficient (Wildman–Crippen LogP) is 0.829. The minimum Gasteiger partial charge on any atom is -0.443 e. The number of imide groups is 1. The Morgan fingerprint density at radius 2 is 2.14 bits per heavy atom. The zero-order valence-electron chi connectivity index (χ0n) is 8.74. The Bertz CT molecular complexity index is 257. The second kappa shape index (κ2) is 3.57. The van der Waals surface area contributed by atoms with Gasteiger partial charge in [-0.15, -0.1) is 0 Å². The number of hydrogen-bond donors (Lipinski definition) is 1. The van der Waals surface area contributed by atoms with E-state index in [2.05, 4.69) is 0 Å². The maximum Gasteiger partial charge on any atom is 0.418 e. The Morgan fingerprint density at radius 1 is 1.57 bits per heavy atom. The van der Waals surface area contributed by atoms with Gasteiger partial charge in [0.05, 0.1) is 6.17 Å². The van der Waals surface area contributed by atoms with Gasteiger partial charge in [0, 0.05) is 6.42 Å². The van der Waals surface area contributed by atoms with Crippen LogP contribution in [0.5, 0.6) is 0 Å². The number of nitrogens with two attached hydrogens (primary N) is 1. The van der Waals surface area contributed by atoms with Gasteiger partial charge in [0.25, 0.3) is 0 Å². The molecule has 0 saturated carbocycles. The van der Waals surface area contributed by atoms with Crippen LogP contribution in [0.15, 0.2) is 0 Å². The SMILES string of the molecule is CC(C)(C)OC(=O)N1C(=O)CC[C@@H]1N. The highest BCUT2D eigenvalue weighted by Crippen LogP contribution is 2.18. The highest BCUT2D eigenvalue weighted by atomic mass is 16.6. The Kier molecular flexibility index (Phi) is 2.80. The molecule has 2 N–H and O–H groups in total. The summed E-state index contributed by atoms with van der Waals surface area (Å²) in [6, 6.07) is 0. The summed E-state index contributed by atoms with van der Waals surface area (Å²) in [6.07, 6.45) is -0.344. The summed E-state index contributed by atoms with van der Waals surface area (Å²) in [4.78, 5) is 23.7. The topological polar surface area (TPSA) is 72.6 Å². The first-order valence-corrected chi connectivity index (χ1v) is 4.62. The van der Waals surface area contributed by atoms with Crippen molar-refractivity contribution in [3.05, 3.63) is 0 Å². The number of carbonyl (C=O) groups excluding carboxylic acids is 2. The van der Waals surface area contributed by atoms with Gasteiger partial charge in [0.1, 0.15) is 5.60 Å². The van der Waals surface area contributed by atoms with Gasteiger partial charge in [-0.25, -0.2) is 9.69 Å². The molecule has 0 spiro atoms. The zero-order valence-corrected chi connectivity index (χ0v) is 8.74. The van der Waals surface area contributed by atoms with Gasteiger partial charge in [0.15, 0.2) is 0 Å². The van der Waals surface area contributed by atoms with E-state index in [0.717, 1.165) is 4.90 Å². The summed E-state index contributed by atoms with van der Waals surface area (Å²) >= 11 is 0. The van der Waals surface area contributed by atoms with Crippen molar-refractivity contribution < 1.29 is 14.3 Å². The molecule has 0 unspecified atom stereocenters. The lowest BCUT2D eigenvalue weighted by Crippen LogP contribution is -2.45. The normalized spacial score (nSPS) is 22.7. The zero-order chi connectivity index (χ0) is 10.9. The minimum atomic E-state index is -0.646. The van der Waals surface area contributed by atoms with Gasteiger partial charge in [0.2, 0.25) is 5.91 Å². The monoisotopic (exact) mass is 200 g/mol. The Morgan fingerprint density at radius 3 is 2.50 bits per heavy atom. The lowest BCUT2D eigenvalue weighted by Gasteiger charge is -2.25. The number of rotatable bonds is 0. The van der Waals surface area contributed by atoms with Gasteiger partial charge < -0.3 is 10.5 Å². The van der Waals surface area contributed by atoms with E-state index in [1.165, 1.54) is 0 Å². The fourth-order valence-electron chi connectivity index (χ4n) is 1.25. The largest absolute Gasteiger partial charge is 0.443 e.